The largest absolute Gasteiger partial charge is 0.351 e. The van der Waals surface area contributed by atoms with Crippen LogP contribution in [-0.2, 0) is 17.9 Å². The number of nitrogens with zero attached hydrogens (tertiary/aromatic N) is 3. The summed E-state index contributed by atoms with van der Waals surface area (Å²) in [6, 6.07) is 14.0. The summed E-state index contributed by atoms with van der Waals surface area (Å²) < 4.78 is 16.3. The van der Waals surface area contributed by atoms with Gasteiger partial charge in [0.15, 0.2) is 5.82 Å². The fourth-order valence-corrected chi connectivity index (χ4v) is 4.79. The fraction of sp³-hybridized carbons (Fsp3) is 0.375. The summed E-state index contributed by atoms with van der Waals surface area (Å²) >= 11 is 0. The van der Waals surface area contributed by atoms with Crippen LogP contribution >= 0.6 is 0 Å². The molecule has 5 rings (SSSR count). The second kappa shape index (κ2) is 7.48. The predicted molar refractivity (Wildman–Crippen MR) is 115 cm³/mol. The number of carbonyl (C=O) groups excluding carboxylic acids is 2. The number of nitrogens with one attached hydrogen (secondary N) is 1. The molecule has 0 bridgehead atoms. The number of halogens is 1. The normalized spacial score (nSPS) is 21.5. The number of amides is 2. The van der Waals surface area contributed by atoms with Crippen LogP contribution in [0.2, 0.25) is 0 Å². The first kappa shape index (κ1) is 19.7. The summed E-state index contributed by atoms with van der Waals surface area (Å²) in [5.41, 5.74) is 0.729. The van der Waals surface area contributed by atoms with E-state index in [1.165, 1.54) is 11.0 Å². The lowest BCUT2D eigenvalue weighted by atomic mass is 9.93. The lowest BCUT2D eigenvalue weighted by Gasteiger charge is -2.44. The number of para-hydroxylation sites is 2. The van der Waals surface area contributed by atoms with Crippen LogP contribution in [0.1, 0.15) is 48.8 Å². The third-order valence-corrected chi connectivity index (χ3v) is 6.62. The Kier molecular flexibility index (Phi) is 4.76. The molecule has 1 aromatic heterocycles. The molecule has 2 aliphatic rings. The molecule has 0 radical (unpaired) electrons. The van der Waals surface area contributed by atoms with Crippen LogP contribution < -0.4 is 5.32 Å². The van der Waals surface area contributed by atoms with E-state index in [1.54, 1.807) is 25.1 Å². The molecular formula is C24H25FN4O2. The minimum Gasteiger partial charge on any atom is -0.351 e. The van der Waals surface area contributed by atoms with E-state index in [1.807, 2.05) is 28.8 Å². The minimum atomic E-state index is -1.17. The van der Waals surface area contributed by atoms with Crippen molar-refractivity contribution in [2.24, 2.45) is 0 Å². The van der Waals surface area contributed by atoms with Crippen molar-refractivity contribution in [3.05, 3.63) is 65.7 Å². The van der Waals surface area contributed by atoms with Crippen molar-refractivity contribution in [2.45, 2.75) is 57.3 Å². The van der Waals surface area contributed by atoms with Gasteiger partial charge >= 0.3 is 0 Å². The number of carbonyl (C=O) groups is 2. The van der Waals surface area contributed by atoms with Crippen LogP contribution in [-0.4, -0.2) is 37.8 Å². The van der Waals surface area contributed by atoms with E-state index in [9.17, 15) is 14.0 Å². The molecule has 1 N–H and O–H groups in total. The summed E-state index contributed by atoms with van der Waals surface area (Å²) in [5, 5.41) is 3.15. The highest BCUT2D eigenvalue weighted by Crippen LogP contribution is 2.33. The maximum atomic E-state index is 14.5. The number of hydrogen-bond donors (Lipinski definition) is 1. The summed E-state index contributed by atoms with van der Waals surface area (Å²) in [4.78, 5) is 33.1. The van der Waals surface area contributed by atoms with E-state index in [0.717, 1.165) is 31.2 Å². The third kappa shape index (κ3) is 3.28. The van der Waals surface area contributed by atoms with Gasteiger partial charge in [0.25, 0.3) is 5.91 Å². The highest BCUT2D eigenvalue weighted by molar-refractivity contribution is 6.01. The zero-order valence-electron chi connectivity index (χ0n) is 17.5. The maximum Gasteiger partial charge on any atom is 0.291 e. The molecule has 1 saturated carbocycles. The van der Waals surface area contributed by atoms with Crippen molar-refractivity contribution in [3.63, 3.8) is 0 Å². The first-order valence-electron chi connectivity index (χ1n) is 10.8. The Morgan fingerprint density at radius 3 is 2.65 bits per heavy atom. The molecule has 1 aliphatic carbocycles. The van der Waals surface area contributed by atoms with Gasteiger partial charge in [-0.05, 0) is 38.0 Å². The van der Waals surface area contributed by atoms with Gasteiger partial charge in [0, 0.05) is 11.6 Å². The van der Waals surface area contributed by atoms with Gasteiger partial charge in [0.1, 0.15) is 11.4 Å². The maximum absolute atomic E-state index is 14.5. The van der Waals surface area contributed by atoms with Gasteiger partial charge in [-0.3, -0.25) is 9.59 Å². The van der Waals surface area contributed by atoms with Gasteiger partial charge in [-0.25, -0.2) is 9.37 Å². The summed E-state index contributed by atoms with van der Waals surface area (Å²) in [5.74, 6) is -0.682. The van der Waals surface area contributed by atoms with E-state index in [4.69, 9.17) is 0 Å². The van der Waals surface area contributed by atoms with Gasteiger partial charge in [-0.2, -0.15) is 0 Å². The van der Waals surface area contributed by atoms with Crippen LogP contribution in [0.15, 0.2) is 48.5 Å². The zero-order chi connectivity index (χ0) is 21.6. The standard InChI is InChI=1S/C24H25FN4O2/c1-24(23(31)26-17-9-3-4-10-17)15-28-20-13-7-6-12-19(20)27-21(28)22(30)29(24)14-16-8-2-5-11-18(16)25/h2,5-8,11-13,17H,3-4,9-10,14-15H2,1H3,(H,26,31). The van der Waals surface area contributed by atoms with Gasteiger partial charge in [0.2, 0.25) is 5.91 Å². The van der Waals surface area contributed by atoms with Crippen LogP contribution in [0.3, 0.4) is 0 Å². The van der Waals surface area contributed by atoms with Gasteiger partial charge < -0.3 is 14.8 Å². The first-order valence-corrected chi connectivity index (χ1v) is 10.8. The quantitative estimate of drug-likeness (QED) is 0.701. The highest BCUT2D eigenvalue weighted by atomic mass is 19.1. The predicted octanol–water partition coefficient (Wildman–Crippen LogP) is 3.65. The average molecular weight is 420 g/mol. The SMILES string of the molecule is CC1(C(=O)NC2CCCC2)Cn2c(nc3ccccc32)C(=O)N1Cc1ccccc1F. The monoisotopic (exact) mass is 420 g/mol. The van der Waals surface area contributed by atoms with E-state index in [2.05, 4.69) is 10.3 Å². The molecule has 1 unspecified atom stereocenters. The number of benzene rings is 2. The second-order valence-corrected chi connectivity index (χ2v) is 8.72. The Balaban J connectivity index is 1.58. The van der Waals surface area contributed by atoms with Crippen LogP contribution in [0, 0.1) is 5.82 Å². The Hall–Kier alpha value is -3.22. The molecule has 2 heterocycles. The molecule has 1 fully saturated rings. The summed E-state index contributed by atoms with van der Waals surface area (Å²) in [6.07, 6.45) is 4.08. The van der Waals surface area contributed by atoms with Gasteiger partial charge in [-0.1, -0.05) is 43.2 Å². The molecule has 31 heavy (non-hydrogen) atoms. The van der Waals surface area contributed by atoms with Crippen molar-refractivity contribution >= 4 is 22.8 Å². The second-order valence-electron chi connectivity index (χ2n) is 8.72. The molecule has 2 aromatic carbocycles. The minimum absolute atomic E-state index is 0.00327. The van der Waals surface area contributed by atoms with Crippen molar-refractivity contribution in [1.29, 1.82) is 0 Å². The molecule has 1 aliphatic heterocycles. The molecule has 6 nitrogen and oxygen atoms in total. The van der Waals surface area contributed by atoms with Crippen molar-refractivity contribution in [3.8, 4) is 0 Å². The lowest BCUT2D eigenvalue weighted by Crippen LogP contribution is -2.64. The number of imidazole rings is 1. The van der Waals surface area contributed by atoms with E-state index < -0.39 is 11.4 Å². The molecule has 160 valence electrons. The molecule has 2 amide bonds. The van der Waals surface area contributed by atoms with E-state index >= 15 is 0 Å². The number of aromatic nitrogens is 2. The Morgan fingerprint density at radius 1 is 1.16 bits per heavy atom. The highest BCUT2D eigenvalue weighted by Gasteiger charge is 2.49. The Bertz CT molecular complexity index is 1170. The lowest BCUT2D eigenvalue weighted by molar-refractivity contribution is -0.133. The number of rotatable bonds is 4. The van der Waals surface area contributed by atoms with E-state index in [0.29, 0.717) is 11.1 Å². The Labute approximate surface area is 180 Å². The van der Waals surface area contributed by atoms with Crippen molar-refractivity contribution in [2.75, 3.05) is 0 Å². The molecule has 3 aromatic rings. The molecule has 0 spiro atoms. The fourth-order valence-electron chi connectivity index (χ4n) is 4.79. The van der Waals surface area contributed by atoms with Crippen molar-refractivity contribution < 1.29 is 14.0 Å². The van der Waals surface area contributed by atoms with E-state index in [-0.39, 0.29) is 36.8 Å². The average Bonchev–Trinajstić information content (AvgIpc) is 3.40. The number of hydrogen-bond acceptors (Lipinski definition) is 3. The van der Waals surface area contributed by atoms with Gasteiger partial charge in [-0.15, -0.1) is 0 Å². The van der Waals surface area contributed by atoms with Crippen molar-refractivity contribution in [1.82, 2.24) is 19.8 Å². The van der Waals surface area contributed by atoms with Crippen LogP contribution in [0.25, 0.3) is 11.0 Å². The Morgan fingerprint density at radius 2 is 1.87 bits per heavy atom. The summed E-state index contributed by atoms with van der Waals surface area (Å²) in [6.45, 7) is 2.04. The third-order valence-electron chi connectivity index (χ3n) is 6.62. The topological polar surface area (TPSA) is 67.2 Å². The number of fused-ring (bicyclic) bond motifs is 3. The molecule has 1 atom stereocenters. The first-order chi connectivity index (χ1) is 15.0. The van der Waals surface area contributed by atoms with Crippen LogP contribution in [0.5, 0.6) is 0 Å². The molecular weight excluding hydrogens is 395 g/mol. The summed E-state index contributed by atoms with van der Waals surface area (Å²) in [7, 11) is 0. The zero-order valence-corrected chi connectivity index (χ0v) is 17.5. The van der Waals surface area contributed by atoms with Gasteiger partial charge in [0.05, 0.1) is 24.1 Å². The molecule has 7 heteroatoms. The molecule has 0 saturated heterocycles. The smallest absolute Gasteiger partial charge is 0.291 e. The van der Waals surface area contributed by atoms with Crippen LogP contribution in [0.4, 0.5) is 4.39 Å².